The highest BCUT2D eigenvalue weighted by Gasteiger charge is 2.26. The molecule has 0 N–H and O–H groups in total. The van der Waals surface area contributed by atoms with E-state index in [0.717, 1.165) is 11.4 Å². The molecule has 0 saturated heterocycles. The van der Waals surface area contributed by atoms with Crippen molar-refractivity contribution in [3.63, 3.8) is 0 Å². The molecule has 2 heteroatoms. The normalized spacial score (nSPS) is 31.8. The lowest BCUT2D eigenvalue weighted by Crippen LogP contribution is -2.31. The van der Waals surface area contributed by atoms with E-state index in [0.29, 0.717) is 6.10 Å². The van der Waals surface area contributed by atoms with E-state index < -0.39 is 0 Å². The topological polar surface area (TPSA) is 9.23 Å². The monoisotopic (exact) mass is 206 g/mol. The smallest absolute Gasteiger partial charge is 0.0596 e. The zero-order valence-corrected chi connectivity index (χ0v) is 8.06. The summed E-state index contributed by atoms with van der Waals surface area (Å²) in [5, 5.41) is 0. The third-order valence-corrected chi connectivity index (χ3v) is 2.64. The second kappa shape index (κ2) is 4.35. The lowest BCUT2D eigenvalue weighted by molar-refractivity contribution is 0.00603. The van der Waals surface area contributed by atoms with Crippen LogP contribution in [0.25, 0.3) is 0 Å². The van der Waals surface area contributed by atoms with Gasteiger partial charge in [-0.25, -0.2) is 0 Å². The van der Waals surface area contributed by atoms with E-state index in [2.05, 4.69) is 22.9 Å². The summed E-state index contributed by atoms with van der Waals surface area (Å²) >= 11 is 3.53. The summed E-state index contributed by atoms with van der Waals surface area (Å²) in [5.74, 6) is 0. The van der Waals surface area contributed by atoms with Gasteiger partial charge in [-0.2, -0.15) is 0 Å². The van der Waals surface area contributed by atoms with Gasteiger partial charge >= 0.3 is 0 Å². The molecular formula is C8H15BrO. The highest BCUT2D eigenvalue weighted by Crippen LogP contribution is 2.29. The molecule has 0 aliphatic heterocycles. The summed E-state index contributed by atoms with van der Waals surface area (Å²) < 4.78 is 5.56. The summed E-state index contributed by atoms with van der Waals surface area (Å²) in [5.41, 5.74) is 0. The van der Waals surface area contributed by atoms with Crippen molar-refractivity contribution >= 4 is 15.9 Å². The fraction of sp³-hybridized carbons (Fsp3) is 1.00. The maximum absolute atomic E-state index is 5.56. The van der Waals surface area contributed by atoms with Crippen molar-refractivity contribution in [1.82, 2.24) is 0 Å². The van der Waals surface area contributed by atoms with Crippen LogP contribution in [0, 0.1) is 0 Å². The summed E-state index contributed by atoms with van der Waals surface area (Å²) in [4.78, 5) is 0.735. The van der Waals surface area contributed by atoms with Gasteiger partial charge in [0.15, 0.2) is 0 Å². The highest BCUT2D eigenvalue weighted by atomic mass is 79.9. The van der Waals surface area contributed by atoms with Crippen molar-refractivity contribution in [2.75, 3.05) is 6.61 Å². The average Bonchev–Trinajstić information content (AvgIpc) is 1.85. The van der Waals surface area contributed by atoms with Crippen LogP contribution in [0.2, 0.25) is 0 Å². The van der Waals surface area contributed by atoms with E-state index in [1.165, 1.54) is 25.7 Å². The van der Waals surface area contributed by atoms with E-state index in [1.807, 2.05) is 0 Å². The Balaban J connectivity index is 1.86. The first-order valence-electron chi connectivity index (χ1n) is 4.08. The average molecular weight is 207 g/mol. The van der Waals surface area contributed by atoms with Crippen molar-refractivity contribution < 1.29 is 4.74 Å². The van der Waals surface area contributed by atoms with Crippen LogP contribution in [0.3, 0.4) is 0 Å². The molecule has 10 heavy (non-hydrogen) atoms. The molecule has 60 valence electrons. The predicted molar refractivity (Wildman–Crippen MR) is 46.6 cm³/mol. The molecule has 1 aliphatic carbocycles. The number of halogens is 1. The predicted octanol–water partition coefficient (Wildman–Crippen LogP) is 2.73. The van der Waals surface area contributed by atoms with Gasteiger partial charge in [-0.05, 0) is 19.3 Å². The fourth-order valence-corrected chi connectivity index (χ4v) is 1.87. The minimum absolute atomic E-state index is 0.566. The number of rotatable bonds is 4. The Morgan fingerprint density at radius 2 is 2.20 bits per heavy atom. The molecular weight excluding hydrogens is 192 g/mol. The molecule has 0 amide bonds. The molecule has 0 bridgehead atoms. The molecule has 0 aromatic heterocycles. The second-order valence-corrected chi connectivity index (χ2v) is 4.21. The Kier molecular flexibility index (Phi) is 3.71. The Morgan fingerprint density at radius 3 is 2.70 bits per heavy atom. The SMILES string of the molecule is CCCCOC1CC(Br)C1. The molecule has 1 rings (SSSR count). The molecule has 0 atom stereocenters. The van der Waals surface area contributed by atoms with Crippen LogP contribution in [-0.2, 0) is 4.74 Å². The van der Waals surface area contributed by atoms with Gasteiger partial charge in [0.2, 0.25) is 0 Å². The molecule has 0 radical (unpaired) electrons. The molecule has 1 aliphatic rings. The quantitative estimate of drug-likeness (QED) is 0.508. The maximum atomic E-state index is 5.56. The van der Waals surface area contributed by atoms with Crippen molar-refractivity contribution in [2.24, 2.45) is 0 Å². The molecule has 1 fully saturated rings. The third-order valence-electron chi connectivity index (χ3n) is 1.89. The van der Waals surface area contributed by atoms with Gasteiger partial charge in [0.05, 0.1) is 6.10 Å². The molecule has 0 spiro atoms. The van der Waals surface area contributed by atoms with Gasteiger partial charge in [-0.3, -0.25) is 0 Å². The van der Waals surface area contributed by atoms with Crippen molar-refractivity contribution in [3.05, 3.63) is 0 Å². The van der Waals surface area contributed by atoms with Crippen molar-refractivity contribution in [1.29, 1.82) is 0 Å². The van der Waals surface area contributed by atoms with E-state index in [9.17, 15) is 0 Å². The van der Waals surface area contributed by atoms with Gasteiger partial charge < -0.3 is 4.74 Å². The van der Waals surface area contributed by atoms with E-state index in [4.69, 9.17) is 4.74 Å². The maximum Gasteiger partial charge on any atom is 0.0596 e. The molecule has 1 saturated carbocycles. The molecule has 1 nitrogen and oxygen atoms in total. The number of unbranched alkanes of at least 4 members (excludes halogenated alkanes) is 1. The first kappa shape index (κ1) is 8.54. The van der Waals surface area contributed by atoms with Crippen LogP contribution in [0.4, 0.5) is 0 Å². The summed E-state index contributed by atoms with van der Waals surface area (Å²) in [6.45, 7) is 3.15. The molecule has 0 aromatic rings. The minimum atomic E-state index is 0.566. The first-order chi connectivity index (χ1) is 4.83. The van der Waals surface area contributed by atoms with Crippen LogP contribution in [0.15, 0.2) is 0 Å². The highest BCUT2D eigenvalue weighted by molar-refractivity contribution is 9.09. The van der Waals surface area contributed by atoms with E-state index >= 15 is 0 Å². The zero-order chi connectivity index (χ0) is 7.40. The van der Waals surface area contributed by atoms with Crippen LogP contribution < -0.4 is 0 Å². The third kappa shape index (κ3) is 2.59. The van der Waals surface area contributed by atoms with Crippen LogP contribution >= 0.6 is 15.9 Å². The Morgan fingerprint density at radius 1 is 1.50 bits per heavy atom. The van der Waals surface area contributed by atoms with Gasteiger partial charge in [-0.15, -0.1) is 0 Å². The zero-order valence-electron chi connectivity index (χ0n) is 6.48. The number of hydrogen-bond donors (Lipinski definition) is 0. The Bertz CT molecular complexity index is 89.3. The lowest BCUT2D eigenvalue weighted by Gasteiger charge is -2.30. The van der Waals surface area contributed by atoms with Crippen LogP contribution in [-0.4, -0.2) is 17.5 Å². The second-order valence-electron chi connectivity index (χ2n) is 2.92. The van der Waals surface area contributed by atoms with E-state index in [-0.39, 0.29) is 0 Å². The Hall–Kier alpha value is 0.440. The summed E-state index contributed by atoms with van der Waals surface area (Å²) in [6, 6.07) is 0. The largest absolute Gasteiger partial charge is 0.378 e. The Labute approximate surface area is 71.3 Å². The fourth-order valence-electron chi connectivity index (χ4n) is 1.03. The van der Waals surface area contributed by atoms with Gasteiger partial charge in [0.25, 0.3) is 0 Å². The molecule has 0 unspecified atom stereocenters. The van der Waals surface area contributed by atoms with Gasteiger partial charge in [-0.1, -0.05) is 29.3 Å². The van der Waals surface area contributed by atoms with Crippen LogP contribution in [0.5, 0.6) is 0 Å². The van der Waals surface area contributed by atoms with Gasteiger partial charge in [0.1, 0.15) is 0 Å². The molecule has 0 heterocycles. The first-order valence-corrected chi connectivity index (χ1v) is 5.00. The summed E-state index contributed by atoms with van der Waals surface area (Å²) in [6.07, 6.45) is 5.44. The van der Waals surface area contributed by atoms with Crippen molar-refractivity contribution in [2.45, 2.75) is 43.5 Å². The molecule has 0 aromatic carbocycles. The van der Waals surface area contributed by atoms with E-state index in [1.54, 1.807) is 0 Å². The number of hydrogen-bond acceptors (Lipinski definition) is 1. The summed E-state index contributed by atoms with van der Waals surface area (Å²) in [7, 11) is 0. The van der Waals surface area contributed by atoms with Gasteiger partial charge in [0, 0.05) is 11.4 Å². The standard InChI is InChI=1S/C8H15BrO/c1-2-3-4-10-8-5-7(9)6-8/h7-8H,2-6H2,1H3. The van der Waals surface area contributed by atoms with Crippen LogP contribution in [0.1, 0.15) is 32.6 Å². The number of ether oxygens (including phenoxy) is 1. The lowest BCUT2D eigenvalue weighted by atomic mass is 9.96. The number of alkyl halides is 1. The minimum Gasteiger partial charge on any atom is -0.378 e. The van der Waals surface area contributed by atoms with Crippen molar-refractivity contribution in [3.8, 4) is 0 Å².